The Kier molecular flexibility index (Phi) is 6.40. The van der Waals surface area contributed by atoms with Gasteiger partial charge in [0.15, 0.2) is 22.0 Å². The SMILES string of the molecule is CC(C)(C)[Si](C)(C)OCCOCCOCCOC(=O)C1(C(=O)OCCOCCOCCO[Si](C)(C)C(C)(C)C)C23c4c5c6c7c8c9c(c%10c%11c2c2c4c4c%12c5c5c6c6c8c8c%13c9c9c%10c%10c%11c%11c2c2c4c4c%12c%12c5c5c6c8c6c8c%13c9c9c%10c%10c%11c2c2c4c4c%12c5c6c5c8c9c%10c2c45)C713. The first-order chi connectivity index (χ1) is 48.0. The Labute approximate surface area is 558 Å². The van der Waals surface area contributed by atoms with Crippen LogP contribution in [0.15, 0.2) is 0 Å². The van der Waals surface area contributed by atoms with Gasteiger partial charge in [0.05, 0.1) is 76.9 Å². The highest BCUT2D eigenvalue weighted by Gasteiger charge is 3.01. The molecule has 0 atom stereocenters. The standard InChI is InChI=1S/C87H54O10Si2/c1-83(2,3)98(7,8)96-21-17-92-13-11-90-15-19-94-81(88)87(82(89)95-20-16-91-12-14-93-18-22-97-99(9,10)84(4,5)6)85-77-69-61-51-41-33-25-23-24-27-31-29(25)37-45-39(31)49-43-35(27)36-28(24)32-30-26(23)34(33)42-48-38(30)46-40(32)50-44(36)54-53(43)63-57(49)67-59(45)65(55(61)47(37)41)73(77)75(67)79-71(63)72-64(54)58(50)68-60(46)66-56(48)62(52(42)51)70(69)78(85)74(66)76(68)80(72)86(79,85)87/h11-22H2,1-10H3. The fourth-order valence-corrected chi connectivity index (χ4v) is 29.7. The number of esters is 2. The highest BCUT2D eigenvalue weighted by molar-refractivity contribution is 6.83. The van der Waals surface area contributed by atoms with Crippen LogP contribution in [-0.4, -0.2) is 108 Å². The van der Waals surface area contributed by atoms with Gasteiger partial charge in [-0.05, 0) is 349 Å². The van der Waals surface area contributed by atoms with E-state index in [2.05, 4.69) is 67.7 Å². The monoisotopic (exact) mass is 1310 g/mol. The molecule has 0 radical (unpaired) electrons. The number of carbonyl (C=O) groups excluding carboxylic acids is 2. The predicted octanol–water partition coefficient (Wildman–Crippen LogP) is 20.5. The van der Waals surface area contributed by atoms with Gasteiger partial charge in [-0.25, -0.2) is 0 Å². The van der Waals surface area contributed by atoms with Crippen LogP contribution in [0.4, 0.5) is 0 Å². The van der Waals surface area contributed by atoms with E-state index in [1.807, 2.05) is 0 Å². The van der Waals surface area contributed by atoms with E-state index in [-0.39, 0.29) is 36.5 Å². The molecule has 0 amide bonds. The third-order valence-electron chi connectivity index (χ3n) is 31.6. The van der Waals surface area contributed by atoms with Crippen LogP contribution in [0, 0.1) is 5.41 Å². The summed E-state index contributed by atoms with van der Waals surface area (Å²) in [5, 5.41) is 78.2. The van der Waals surface area contributed by atoms with Crippen LogP contribution in [0.2, 0.25) is 36.3 Å². The molecule has 5 aliphatic carbocycles. The van der Waals surface area contributed by atoms with Crippen LogP contribution < -0.4 is 0 Å². The van der Waals surface area contributed by atoms with Crippen LogP contribution in [0.1, 0.15) is 63.8 Å². The van der Waals surface area contributed by atoms with Gasteiger partial charge in [-0.2, -0.15) is 0 Å². The van der Waals surface area contributed by atoms with Crippen LogP contribution in [0.5, 0.6) is 0 Å². The molecular weight excluding hydrogens is 1260 g/mol. The van der Waals surface area contributed by atoms with Crippen molar-refractivity contribution in [3.05, 3.63) is 22.3 Å². The average Bonchev–Trinajstić information content (AvgIpc) is 1.35. The number of hydrogen-bond donors (Lipinski definition) is 0. The molecule has 0 N–H and O–H groups in total. The largest absolute Gasteiger partial charge is 0.462 e. The van der Waals surface area contributed by atoms with Crippen molar-refractivity contribution in [3.8, 4) is 0 Å². The molecule has 12 heteroatoms. The molecular formula is C87H54O10Si2. The molecule has 33 rings (SSSR count). The van der Waals surface area contributed by atoms with E-state index in [4.69, 9.17) is 37.3 Å². The van der Waals surface area contributed by atoms with Crippen LogP contribution >= 0.6 is 0 Å². The minimum atomic E-state index is -1.92. The Balaban J connectivity index is 0.690. The maximum atomic E-state index is 17.7. The van der Waals surface area contributed by atoms with Gasteiger partial charge in [0, 0.05) is 0 Å². The molecule has 10 nitrogen and oxygen atoms in total. The molecule has 0 aromatic heterocycles. The normalized spacial score (nSPS) is 18.4. The maximum absolute atomic E-state index is 17.7. The molecule has 0 bridgehead atoms. The van der Waals surface area contributed by atoms with Crippen molar-refractivity contribution < 1.29 is 46.9 Å². The summed E-state index contributed by atoms with van der Waals surface area (Å²) in [5.74, 6) is -1.00. The molecule has 28 aromatic carbocycles. The topological polar surface area (TPSA) is 108 Å². The van der Waals surface area contributed by atoms with Crippen molar-refractivity contribution in [2.45, 2.75) is 88.6 Å². The summed E-state index contributed by atoms with van der Waals surface area (Å²) in [6, 6.07) is 0. The van der Waals surface area contributed by atoms with Gasteiger partial charge >= 0.3 is 11.9 Å². The lowest BCUT2D eigenvalue weighted by Gasteiger charge is -2.36. The zero-order chi connectivity index (χ0) is 64.3. The van der Waals surface area contributed by atoms with Gasteiger partial charge < -0.3 is 37.3 Å². The Morgan fingerprint density at radius 2 is 0.374 bits per heavy atom. The predicted molar refractivity (Wildman–Crippen MR) is 408 cm³/mol. The Morgan fingerprint density at radius 1 is 0.232 bits per heavy atom. The van der Waals surface area contributed by atoms with Gasteiger partial charge in [-0.3, -0.25) is 9.59 Å². The molecule has 5 aliphatic rings. The van der Waals surface area contributed by atoms with Crippen LogP contribution in [0.25, 0.3) is 291 Å². The molecule has 0 saturated heterocycles. The fraction of sp³-hybridized carbons (Fsp3) is 0.310. The molecule has 0 heterocycles. The van der Waals surface area contributed by atoms with E-state index in [0.29, 0.717) is 52.9 Å². The summed E-state index contributed by atoms with van der Waals surface area (Å²) in [6.07, 6.45) is 0. The minimum absolute atomic E-state index is 0.0303. The first-order valence-electron chi connectivity index (χ1n) is 36.7. The number of hydrogen-bond acceptors (Lipinski definition) is 10. The Bertz CT molecular complexity index is 7510. The molecule has 2 spiro atoms. The van der Waals surface area contributed by atoms with E-state index in [0.717, 1.165) is 0 Å². The zero-order valence-electron chi connectivity index (χ0n) is 56.1. The molecule has 28 aromatic rings. The number of carbonyl (C=O) groups is 2. The van der Waals surface area contributed by atoms with E-state index in [9.17, 15) is 0 Å². The average molecular weight is 1320 g/mol. The van der Waals surface area contributed by atoms with Gasteiger partial charge in [-0.1, -0.05) is 41.5 Å². The summed E-state index contributed by atoms with van der Waals surface area (Å²) in [6.45, 7) is 26.3. The van der Waals surface area contributed by atoms with Crippen molar-refractivity contribution in [3.63, 3.8) is 0 Å². The fourth-order valence-electron chi connectivity index (χ4n) is 27.6. The highest BCUT2D eigenvalue weighted by atomic mass is 28.4. The Hall–Kier alpha value is -8.41. The van der Waals surface area contributed by atoms with Gasteiger partial charge in [0.2, 0.25) is 0 Å². The zero-order valence-corrected chi connectivity index (χ0v) is 58.1. The minimum Gasteiger partial charge on any atom is -0.462 e. The van der Waals surface area contributed by atoms with E-state index in [1.54, 1.807) is 10.8 Å². The summed E-state index contributed by atoms with van der Waals surface area (Å²) < 4.78 is 52.0. The summed E-state index contributed by atoms with van der Waals surface area (Å²) in [5.41, 5.74) is 0.520. The lowest BCUT2D eigenvalue weighted by Crippen LogP contribution is -2.41. The molecule has 0 aliphatic heterocycles. The molecule has 99 heavy (non-hydrogen) atoms. The second-order valence-electron chi connectivity index (χ2n) is 35.9. The summed E-state index contributed by atoms with van der Waals surface area (Å²) in [4.78, 5) is 35.4. The van der Waals surface area contributed by atoms with Crippen molar-refractivity contribution in [1.29, 1.82) is 0 Å². The third kappa shape index (κ3) is 3.57. The van der Waals surface area contributed by atoms with Gasteiger partial charge in [0.25, 0.3) is 0 Å². The highest BCUT2D eigenvalue weighted by Crippen LogP contribution is 2.96. The number of rotatable bonds is 22. The molecule has 470 valence electrons. The second-order valence-corrected chi connectivity index (χ2v) is 45.6. The van der Waals surface area contributed by atoms with Crippen LogP contribution in [-0.2, 0) is 57.7 Å². The second kappa shape index (κ2) is 12.9. The smallest absolute Gasteiger partial charge is 0.326 e. The first-order valence-corrected chi connectivity index (χ1v) is 42.5. The van der Waals surface area contributed by atoms with Crippen LogP contribution in [0.3, 0.4) is 0 Å². The Morgan fingerprint density at radius 3 is 0.535 bits per heavy atom. The van der Waals surface area contributed by atoms with Crippen molar-refractivity contribution >= 4 is 319 Å². The quantitative estimate of drug-likeness (QED) is 0.0214. The number of ether oxygens (including phenoxy) is 6. The lowest BCUT2D eigenvalue weighted by atomic mass is 9.68. The molecule has 1 saturated carbocycles. The third-order valence-corrected chi connectivity index (χ3v) is 40.7. The van der Waals surface area contributed by atoms with Crippen molar-refractivity contribution in [1.82, 2.24) is 0 Å². The lowest BCUT2D eigenvalue weighted by molar-refractivity contribution is -0.168. The summed E-state index contributed by atoms with van der Waals surface area (Å²) in [7, 11) is -3.85. The summed E-state index contributed by atoms with van der Waals surface area (Å²) >= 11 is 0. The van der Waals surface area contributed by atoms with Gasteiger partial charge in [-0.15, -0.1) is 0 Å². The first kappa shape index (κ1) is 49.2. The van der Waals surface area contributed by atoms with Gasteiger partial charge in [0.1, 0.15) is 13.2 Å². The maximum Gasteiger partial charge on any atom is 0.326 e. The molecule has 0 unspecified atom stereocenters. The van der Waals surface area contributed by atoms with Crippen molar-refractivity contribution in [2.75, 3.05) is 79.3 Å². The van der Waals surface area contributed by atoms with Crippen molar-refractivity contribution in [2.24, 2.45) is 5.41 Å². The number of benzene rings is 18. The van der Waals surface area contributed by atoms with E-state index < -0.39 is 44.8 Å². The van der Waals surface area contributed by atoms with E-state index >= 15 is 9.59 Å². The van der Waals surface area contributed by atoms with E-state index in [1.165, 1.54) is 302 Å². The molecule has 1 fully saturated rings.